The molecule has 0 aliphatic carbocycles. The van der Waals surface area contributed by atoms with Gasteiger partial charge in [-0.3, -0.25) is 9.69 Å². The van der Waals surface area contributed by atoms with Gasteiger partial charge in [-0.2, -0.15) is 4.98 Å². The van der Waals surface area contributed by atoms with Gasteiger partial charge >= 0.3 is 0 Å². The van der Waals surface area contributed by atoms with Crippen LogP contribution in [0.2, 0.25) is 0 Å². The number of nitrogens with one attached hydrogen (secondary N) is 1. The maximum absolute atomic E-state index is 13.1. The van der Waals surface area contributed by atoms with Crippen molar-refractivity contribution in [2.45, 2.75) is 32.4 Å². The van der Waals surface area contributed by atoms with Crippen LogP contribution < -0.4 is 5.32 Å². The van der Waals surface area contributed by atoms with Gasteiger partial charge in [-0.1, -0.05) is 29.4 Å². The Kier molecular flexibility index (Phi) is 5.16. The number of amides is 1. The number of aromatic nitrogens is 2. The summed E-state index contributed by atoms with van der Waals surface area (Å²) in [6.07, 6.45) is 1.74. The minimum atomic E-state index is -0.272. The Balaban J connectivity index is 1.45. The molecule has 7 heteroatoms. The van der Waals surface area contributed by atoms with Gasteiger partial charge in [-0.05, 0) is 54.8 Å². The first kappa shape index (κ1) is 18.3. The summed E-state index contributed by atoms with van der Waals surface area (Å²) < 4.78 is 18.2. The Labute approximate surface area is 162 Å². The summed E-state index contributed by atoms with van der Waals surface area (Å²) >= 11 is 0. The van der Waals surface area contributed by atoms with Crippen LogP contribution in [0.1, 0.15) is 24.6 Å². The van der Waals surface area contributed by atoms with Gasteiger partial charge in [0.15, 0.2) is 5.82 Å². The van der Waals surface area contributed by atoms with E-state index < -0.39 is 0 Å². The number of halogens is 1. The van der Waals surface area contributed by atoms with Gasteiger partial charge < -0.3 is 9.84 Å². The summed E-state index contributed by atoms with van der Waals surface area (Å²) in [4.78, 5) is 19.1. The quantitative estimate of drug-likeness (QED) is 0.729. The molecule has 1 aromatic heterocycles. The average Bonchev–Trinajstić information content (AvgIpc) is 3.32. The number of hydrogen-bond acceptors (Lipinski definition) is 5. The highest BCUT2D eigenvalue weighted by Crippen LogP contribution is 2.25. The van der Waals surface area contributed by atoms with Crippen LogP contribution in [0.4, 0.5) is 10.1 Å². The molecule has 4 rings (SSSR count). The number of hydrogen-bond donors (Lipinski definition) is 1. The average molecular weight is 380 g/mol. The van der Waals surface area contributed by atoms with Crippen LogP contribution in [0.3, 0.4) is 0 Å². The van der Waals surface area contributed by atoms with Gasteiger partial charge in [-0.25, -0.2) is 4.39 Å². The summed E-state index contributed by atoms with van der Waals surface area (Å²) in [5.41, 5.74) is 2.53. The zero-order valence-corrected chi connectivity index (χ0v) is 15.6. The van der Waals surface area contributed by atoms with Crippen LogP contribution in [0.5, 0.6) is 0 Å². The Hall–Kier alpha value is -3.06. The fraction of sp³-hybridized carbons (Fsp3) is 0.286. The van der Waals surface area contributed by atoms with E-state index in [0.717, 1.165) is 30.5 Å². The molecule has 1 saturated heterocycles. The van der Waals surface area contributed by atoms with Gasteiger partial charge in [0, 0.05) is 12.6 Å². The van der Waals surface area contributed by atoms with Crippen molar-refractivity contribution in [3.05, 3.63) is 66.1 Å². The molecule has 6 nitrogen and oxygen atoms in total. The van der Waals surface area contributed by atoms with Crippen LogP contribution in [-0.2, 0) is 11.3 Å². The molecular weight excluding hydrogens is 359 g/mol. The minimum absolute atomic E-state index is 0.0472. The maximum Gasteiger partial charge on any atom is 0.241 e. The normalized spacial score (nSPS) is 17.0. The topological polar surface area (TPSA) is 71.3 Å². The summed E-state index contributed by atoms with van der Waals surface area (Å²) in [6, 6.07) is 13.6. The lowest BCUT2D eigenvalue weighted by Crippen LogP contribution is -2.39. The fourth-order valence-corrected chi connectivity index (χ4v) is 3.54. The number of likely N-dealkylation sites (tertiary alicyclic amines) is 1. The molecule has 144 valence electrons. The highest BCUT2D eigenvalue weighted by molar-refractivity contribution is 5.95. The molecule has 2 heterocycles. The summed E-state index contributed by atoms with van der Waals surface area (Å²) in [6.45, 7) is 3.06. The highest BCUT2D eigenvalue weighted by Gasteiger charge is 2.31. The smallest absolute Gasteiger partial charge is 0.241 e. The van der Waals surface area contributed by atoms with Gasteiger partial charge in [0.1, 0.15) is 5.82 Å². The molecule has 0 radical (unpaired) electrons. The van der Waals surface area contributed by atoms with Crippen LogP contribution in [0, 0.1) is 12.7 Å². The molecule has 0 saturated carbocycles. The second kappa shape index (κ2) is 7.90. The van der Waals surface area contributed by atoms with Crippen molar-refractivity contribution in [3.63, 3.8) is 0 Å². The van der Waals surface area contributed by atoms with E-state index in [1.165, 1.54) is 12.1 Å². The number of benzene rings is 2. The lowest BCUT2D eigenvalue weighted by Gasteiger charge is -2.22. The van der Waals surface area contributed by atoms with Crippen molar-refractivity contribution in [3.8, 4) is 11.1 Å². The molecule has 1 amide bonds. The van der Waals surface area contributed by atoms with Crippen LogP contribution >= 0.6 is 0 Å². The summed E-state index contributed by atoms with van der Waals surface area (Å²) in [5, 5.41) is 6.93. The zero-order valence-electron chi connectivity index (χ0n) is 15.6. The predicted molar refractivity (Wildman–Crippen MR) is 103 cm³/mol. The number of aryl methyl sites for hydroxylation is 1. The molecule has 1 fully saturated rings. The van der Waals surface area contributed by atoms with Crippen molar-refractivity contribution in [1.82, 2.24) is 15.0 Å². The third kappa shape index (κ3) is 4.09. The fourth-order valence-electron chi connectivity index (χ4n) is 3.54. The van der Waals surface area contributed by atoms with Crippen molar-refractivity contribution < 1.29 is 13.7 Å². The van der Waals surface area contributed by atoms with Crippen molar-refractivity contribution in [1.29, 1.82) is 0 Å². The van der Waals surface area contributed by atoms with Crippen molar-refractivity contribution >= 4 is 11.6 Å². The monoisotopic (exact) mass is 380 g/mol. The van der Waals surface area contributed by atoms with Gasteiger partial charge in [0.2, 0.25) is 11.8 Å². The Morgan fingerprint density at radius 3 is 2.82 bits per heavy atom. The third-order valence-electron chi connectivity index (χ3n) is 4.89. The highest BCUT2D eigenvalue weighted by atomic mass is 19.1. The lowest BCUT2D eigenvalue weighted by atomic mass is 10.0. The summed E-state index contributed by atoms with van der Waals surface area (Å²) in [5.74, 6) is 0.795. The molecule has 28 heavy (non-hydrogen) atoms. The van der Waals surface area contributed by atoms with Crippen LogP contribution in [-0.4, -0.2) is 33.5 Å². The van der Waals surface area contributed by atoms with Crippen molar-refractivity contribution in [2.24, 2.45) is 0 Å². The van der Waals surface area contributed by atoms with E-state index >= 15 is 0 Å². The third-order valence-corrected chi connectivity index (χ3v) is 4.89. The standard InChI is InChI=1S/C21H21FN4O2/c1-14-23-20(25-28-14)13-26-11-3-6-19(26)21(27)24-18-5-2-4-16(12-18)15-7-9-17(22)10-8-15/h2,4-5,7-10,12,19H,3,6,11,13H2,1H3,(H,24,27)/t19-/m0/s1. The molecule has 0 spiro atoms. The molecular formula is C21H21FN4O2. The van der Waals surface area contributed by atoms with Crippen LogP contribution in [0.15, 0.2) is 53.1 Å². The van der Waals surface area contributed by atoms with Gasteiger partial charge in [0.05, 0.1) is 12.6 Å². The first-order chi connectivity index (χ1) is 13.6. The van der Waals surface area contributed by atoms with E-state index in [1.807, 2.05) is 24.3 Å². The largest absolute Gasteiger partial charge is 0.340 e. The molecule has 0 bridgehead atoms. The molecule has 1 aliphatic rings. The first-order valence-electron chi connectivity index (χ1n) is 9.28. The van der Waals surface area contributed by atoms with Crippen LogP contribution in [0.25, 0.3) is 11.1 Å². The Morgan fingerprint density at radius 2 is 2.07 bits per heavy atom. The van der Waals surface area contributed by atoms with Gasteiger partial charge in [0.25, 0.3) is 0 Å². The SMILES string of the molecule is Cc1nc(CN2CCC[C@H]2C(=O)Nc2cccc(-c3ccc(F)cc3)c2)no1. The minimum Gasteiger partial charge on any atom is -0.340 e. The van der Waals surface area contributed by atoms with E-state index in [-0.39, 0.29) is 17.8 Å². The number of nitrogens with zero attached hydrogens (tertiary/aromatic N) is 3. The van der Waals surface area contributed by atoms with E-state index in [9.17, 15) is 9.18 Å². The second-order valence-electron chi connectivity index (χ2n) is 6.94. The number of rotatable bonds is 5. The molecule has 1 atom stereocenters. The van der Waals surface area contributed by atoms with E-state index in [2.05, 4.69) is 20.4 Å². The molecule has 1 aliphatic heterocycles. The second-order valence-corrected chi connectivity index (χ2v) is 6.94. The number of carbonyl (C=O) groups excluding carboxylic acids is 1. The molecule has 3 aromatic rings. The van der Waals surface area contributed by atoms with E-state index in [4.69, 9.17) is 4.52 Å². The van der Waals surface area contributed by atoms with E-state index in [1.54, 1.807) is 19.1 Å². The summed E-state index contributed by atoms with van der Waals surface area (Å²) in [7, 11) is 0. The van der Waals surface area contributed by atoms with Gasteiger partial charge in [-0.15, -0.1) is 0 Å². The zero-order chi connectivity index (χ0) is 19.5. The predicted octanol–water partition coefficient (Wildman–Crippen LogP) is 3.79. The Morgan fingerprint density at radius 1 is 1.25 bits per heavy atom. The van der Waals surface area contributed by atoms with Crippen molar-refractivity contribution in [2.75, 3.05) is 11.9 Å². The maximum atomic E-state index is 13.1. The molecule has 1 N–H and O–H groups in total. The first-order valence-corrected chi connectivity index (χ1v) is 9.28. The van der Waals surface area contributed by atoms with E-state index in [0.29, 0.717) is 23.9 Å². The number of carbonyl (C=O) groups is 1. The molecule has 2 aromatic carbocycles. The number of anilines is 1. The lowest BCUT2D eigenvalue weighted by molar-refractivity contribution is -0.120. The Bertz CT molecular complexity index is 971. The molecule has 0 unspecified atom stereocenters.